The van der Waals surface area contributed by atoms with Crippen LogP contribution in [0.5, 0.6) is 0 Å². The molecule has 0 aromatic heterocycles. The zero-order valence-corrected chi connectivity index (χ0v) is 9.40. The van der Waals surface area contributed by atoms with Crippen molar-refractivity contribution in [1.82, 2.24) is 0 Å². The van der Waals surface area contributed by atoms with Crippen molar-refractivity contribution >= 4 is 23.0 Å². The molecular formula is C11H13N3O3. The largest absolute Gasteiger partial charge is 0.393 e. The highest BCUT2D eigenvalue weighted by Gasteiger charge is 2.32. The molecule has 2 rings (SSSR count). The van der Waals surface area contributed by atoms with Gasteiger partial charge >= 0.3 is 0 Å². The van der Waals surface area contributed by atoms with Gasteiger partial charge in [-0.1, -0.05) is 13.3 Å². The Balaban J connectivity index is 2.48. The van der Waals surface area contributed by atoms with Crippen LogP contribution in [-0.4, -0.2) is 10.8 Å². The lowest BCUT2D eigenvalue weighted by Gasteiger charge is -2.07. The maximum Gasteiger partial charge on any atom is 0.294 e. The zero-order valence-electron chi connectivity index (χ0n) is 9.40. The van der Waals surface area contributed by atoms with Gasteiger partial charge in [0, 0.05) is 6.07 Å². The molecule has 1 aliphatic rings. The van der Waals surface area contributed by atoms with E-state index in [1.807, 2.05) is 6.92 Å². The number of nitrogens with zero attached hydrogens (tertiary/aromatic N) is 1. The van der Waals surface area contributed by atoms with E-state index in [2.05, 4.69) is 5.32 Å². The maximum atomic E-state index is 11.7. The van der Waals surface area contributed by atoms with Crippen molar-refractivity contribution < 1.29 is 9.72 Å². The van der Waals surface area contributed by atoms with Crippen molar-refractivity contribution in [2.24, 2.45) is 0 Å². The molecule has 6 nitrogen and oxygen atoms in total. The number of anilines is 2. The average molecular weight is 235 g/mol. The van der Waals surface area contributed by atoms with Crippen molar-refractivity contribution in [1.29, 1.82) is 0 Å². The first-order valence-corrected chi connectivity index (χ1v) is 5.43. The van der Waals surface area contributed by atoms with E-state index in [0.717, 1.165) is 18.4 Å². The molecule has 1 amide bonds. The maximum absolute atomic E-state index is 11.7. The van der Waals surface area contributed by atoms with E-state index in [9.17, 15) is 14.9 Å². The van der Waals surface area contributed by atoms with E-state index in [4.69, 9.17) is 5.73 Å². The third-order valence-corrected chi connectivity index (χ3v) is 2.92. The number of nitrogen functional groups attached to an aromatic ring is 1. The lowest BCUT2D eigenvalue weighted by Crippen LogP contribution is -2.11. The van der Waals surface area contributed by atoms with Gasteiger partial charge in [-0.25, -0.2) is 0 Å². The Hall–Kier alpha value is -2.11. The number of hydrogen-bond acceptors (Lipinski definition) is 4. The summed E-state index contributed by atoms with van der Waals surface area (Å²) in [6.45, 7) is 1.99. The topological polar surface area (TPSA) is 98.3 Å². The predicted molar refractivity (Wildman–Crippen MR) is 63.8 cm³/mol. The molecule has 0 saturated carbocycles. The molecule has 1 aromatic rings. The van der Waals surface area contributed by atoms with Crippen LogP contribution in [0, 0.1) is 10.1 Å². The van der Waals surface area contributed by atoms with Gasteiger partial charge in [-0.15, -0.1) is 0 Å². The summed E-state index contributed by atoms with van der Waals surface area (Å²) in [5.41, 5.74) is 6.83. The van der Waals surface area contributed by atoms with Crippen molar-refractivity contribution in [3.05, 3.63) is 27.8 Å². The second-order valence-corrected chi connectivity index (χ2v) is 4.09. The molecule has 3 N–H and O–H groups in total. The van der Waals surface area contributed by atoms with Crippen LogP contribution in [0.15, 0.2) is 12.1 Å². The molecule has 90 valence electrons. The fourth-order valence-corrected chi connectivity index (χ4v) is 2.11. The first-order chi connectivity index (χ1) is 8.04. The highest BCUT2D eigenvalue weighted by molar-refractivity contribution is 6.04. The van der Waals surface area contributed by atoms with Gasteiger partial charge in [-0.05, 0) is 18.1 Å². The first-order valence-electron chi connectivity index (χ1n) is 5.43. The molecule has 1 atom stereocenters. The third kappa shape index (κ3) is 1.82. The first kappa shape index (κ1) is 11.4. The monoisotopic (exact) mass is 235 g/mol. The lowest BCUT2D eigenvalue weighted by atomic mass is 9.95. The summed E-state index contributed by atoms with van der Waals surface area (Å²) in [5.74, 6) is -0.347. The molecule has 1 aromatic carbocycles. The summed E-state index contributed by atoms with van der Waals surface area (Å²) in [4.78, 5) is 21.9. The predicted octanol–water partition coefficient (Wildman–Crippen LogP) is 2.01. The van der Waals surface area contributed by atoms with Crippen LogP contribution in [0.1, 0.15) is 31.2 Å². The van der Waals surface area contributed by atoms with Crippen molar-refractivity contribution in [2.45, 2.75) is 25.7 Å². The molecule has 17 heavy (non-hydrogen) atoms. The van der Waals surface area contributed by atoms with Gasteiger partial charge in [0.05, 0.1) is 16.5 Å². The van der Waals surface area contributed by atoms with E-state index in [1.54, 1.807) is 0 Å². The van der Waals surface area contributed by atoms with E-state index in [0.29, 0.717) is 5.69 Å². The Labute approximate surface area is 98.0 Å². The van der Waals surface area contributed by atoms with Gasteiger partial charge in [-0.3, -0.25) is 14.9 Å². The van der Waals surface area contributed by atoms with E-state index in [-0.39, 0.29) is 23.2 Å². The summed E-state index contributed by atoms with van der Waals surface area (Å²) in [6.07, 6.45) is 1.59. The number of amides is 1. The quantitative estimate of drug-likeness (QED) is 0.475. The molecular weight excluding hydrogens is 222 g/mol. The number of fused-ring (bicyclic) bond motifs is 1. The minimum atomic E-state index is -0.547. The van der Waals surface area contributed by atoms with Crippen LogP contribution in [-0.2, 0) is 4.79 Å². The molecule has 0 fully saturated rings. The highest BCUT2D eigenvalue weighted by Crippen LogP contribution is 2.40. The number of rotatable bonds is 3. The van der Waals surface area contributed by atoms with Gasteiger partial charge in [0.25, 0.3) is 5.69 Å². The number of benzene rings is 1. The molecule has 0 spiro atoms. The van der Waals surface area contributed by atoms with Gasteiger partial charge in [0.15, 0.2) is 0 Å². The standard InChI is InChI=1S/C11H13N3O3/c1-2-3-6-7-4-8(12)10(14(16)17)5-9(7)13-11(6)15/h4-6H,2-3,12H2,1H3,(H,13,15). The summed E-state index contributed by atoms with van der Waals surface area (Å²) < 4.78 is 0. The van der Waals surface area contributed by atoms with Crippen LogP contribution in [0.3, 0.4) is 0 Å². The summed E-state index contributed by atoms with van der Waals surface area (Å²) in [6, 6.07) is 2.86. The van der Waals surface area contributed by atoms with Crippen LogP contribution < -0.4 is 11.1 Å². The van der Waals surface area contributed by atoms with Gasteiger partial charge in [0.2, 0.25) is 5.91 Å². The molecule has 1 aliphatic heterocycles. The fourth-order valence-electron chi connectivity index (χ4n) is 2.11. The zero-order chi connectivity index (χ0) is 12.6. The Morgan fingerprint density at radius 2 is 2.24 bits per heavy atom. The molecule has 6 heteroatoms. The summed E-state index contributed by atoms with van der Waals surface area (Å²) >= 11 is 0. The minimum Gasteiger partial charge on any atom is -0.393 e. The fraction of sp³-hybridized carbons (Fsp3) is 0.364. The summed E-state index contributed by atoms with van der Waals surface area (Å²) in [5, 5.41) is 13.4. The third-order valence-electron chi connectivity index (χ3n) is 2.92. The second kappa shape index (κ2) is 4.04. The van der Waals surface area contributed by atoms with Gasteiger partial charge in [-0.2, -0.15) is 0 Å². The minimum absolute atomic E-state index is 0.103. The van der Waals surface area contributed by atoms with Gasteiger partial charge < -0.3 is 11.1 Å². The number of nitrogens with one attached hydrogen (secondary N) is 1. The normalized spacial score (nSPS) is 17.7. The Morgan fingerprint density at radius 3 is 2.82 bits per heavy atom. The highest BCUT2D eigenvalue weighted by atomic mass is 16.6. The number of carbonyl (C=O) groups is 1. The number of hydrogen-bond donors (Lipinski definition) is 2. The number of nitro groups is 1. The lowest BCUT2D eigenvalue weighted by molar-refractivity contribution is -0.383. The van der Waals surface area contributed by atoms with E-state index >= 15 is 0 Å². The molecule has 0 saturated heterocycles. The Kier molecular flexibility index (Phi) is 2.71. The average Bonchev–Trinajstić information content (AvgIpc) is 2.55. The van der Waals surface area contributed by atoms with Crippen LogP contribution in [0.25, 0.3) is 0 Å². The molecule has 0 aliphatic carbocycles. The summed E-state index contributed by atoms with van der Waals surface area (Å²) in [7, 11) is 0. The second-order valence-electron chi connectivity index (χ2n) is 4.09. The Morgan fingerprint density at radius 1 is 1.53 bits per heavy atom. The molecule has 1 unspecified atom stereocenters. The van der Waals surface area contributed by atoms with E-state index < -0.39 is 4.92 Å². The van der Waals surface area contributed by atoms with E-state index in [1.165, 1.54) is 12.1 Å². The van der Waals surface area contributed by atoms with Crippen molar-refractivity contribution in [2.75, 3.05) is 11.1 Å². The Bertz CT molecular complexity index is 499. The smallest absolute Gasteiger partial charge is 0.294 e. The van der Waals surface area contributed by atoms with Crippen molar-refractivity contribution in [3.8, 4) is 0 Å². The molecule has 0 bridgehead atoms. The van der Waals surface area contributed by atoms with Crippen LogP contribution >= 0.6 is 0 Å². The van der Waals surface area contributed by atoms with Crippen molar-refractivity contribution in [3.63, 3.8) is 0 Å². The molecule has 0 radical (unpaired) electrons. The van der Waals surface area contributed by atoms with Gasteiger partial charge in [0.1, 0.15) is 5.69 Å². The van der Waals surface area contributed by atoms with Crippen LogP contribution in [0.4, 0.5) is 17.1 Å². The molecule has 1 heterocycles. The number of nitrogens with two attached hydrogens (primary N) is 1. The number of carbonyl (C=O) groups excluding carboxylic acids is 1. The SMILES string of the molecule is CCCC1C(=O)Nc2cc([N+](=O)[O-])c(N)cc21. The number of nitro benzene ring substituents is 1. The van der Waals surface area contributed by atoms with Crippen LogP contribution in [0.2, 0.25) is 0 Å².